The van der Waals surface area contributed by atoms with Crippen LogP contribution in [0.1, 0.15) is 31.1 Å². The molecular weight excluding hydrogens is 190 g/mol. The number of hydrogen-bond donors (Lipinski definition) is 2. The fourth-order valence-electron chi connectivity index (χ4n) is 1.56. The van der Waals surface area contributed by atoms with Crippen LogP contribution in [0.5, 0.6) is 5.75 Å². The highest BCUT2D eigenvalue weighted by molar-refractivity contribution is 5.38. The molecular formula is C12H19NO2. The minimum absolute atomic E-state index is 0.261. The van der Waals surface area contributed by atoms with E-state index in [9.17, 15) is 5.11 Å². The van der Waals surface area contributed by atoms with Gasteiger partial charge in [0.1, 0.15) is 5.75 Å². The third kappa shape index (κ3) is 2.70. The Labute approximate surface area is 90.9 Å². The number of ether oxygens (including phenoxy) is 1. The molecule has 0 bridgehead atoms. The predicted octanol–water partition coefficient (Wildman–Crippen LogP) is 1.64. The van der Waals surface area contributed by atoms with Crippen LogP contribution in [0.2, 0.25) is 0 Å². The molecule has 0 aliphatic carbocycles. The summed E-state index contributed by atoms with van der Waals surface area (Å²) in [6, 6.07) is 5.42. The van der Waals surface area contributed by atoms with Crippen molar-refractivity contribution in [3.8, 4) is 5.75 Å². The second-order valence-corrected chi connectivity index (χ2v) is 3.73. The van der Waals surface area contributed by atoms with Crippen molar-refractivity contribution in [2.75, 3.05) is 7.11 Å². The maximum atomic E-state index is 9.82. The SMILES string of the molecule is CCc1cc(C(O)C(C)N)ccc1OC. The normalized spacial score (nSPS) is 14.7. The summed E-state index contributed by atoms with van der Waals surface area (Å²) in [5, 5.41) is 9.82. The molecule has 2 unspecified atom stereocenters. The monoisotopic (exact) mass is 209 g/mol. The van der Waals surface area contributed by atoms with E-state index >= 15 is 0 Å². The predicted molar refractivity (Wildman–Crippen MR) is 61.0 cm³/mol. The maximum absolute atomic E-state index is 9.82. The maximum Gasteiger partial charge on any atom is 0.122 e. The van der Waals surface area contributed by atoms with E-state index in [1.54, 1.807) is 14.0 Å². The van der Waals surface area contributed by atoms with Gasteiger partial charge in [0.05, 0.1) is 13.2 Å². The fraction of sp³-hybridized carbons (Fsp3) is 0.500. The molecule has 0 heterocycles. The van der Waals surface area contributed by atoms with Gasteiger partial charge >= 0.3 is 0 Å². The molecule has 0 aromatic heterocycles. The summed E-state index contributed by atoms with van der Waals surface area (Å²) in [6.45, 7) is 3.85. The Bertz CT molecular complexity index is 323. The zero-order valence-corrected chi connectivity index (χ0v) is 9.53. The lowest BCUT2D eigenvalue weighted by atomic mass is 10.00. The minimum Gasteiger partial charge on any atom is -0.496 e. The van der Waals surface area contributed by atoms with Gasteiger partial charge in [0.25, 0.3) is 0 Å². The Morgan fingerprint density at radius 3 is 2.60 bits per heavy atom. The molecule has 0 spiro atoms. The Balaban J connectivity index is 3.02. The summed E-state index contributed by atoms with van der Waals surface area (Å²) in [5.74, 6) is 0.859. The molecule has 1 rings (SSSR count). The molecule has 3 heteroatoms. The van der Waals surface area contributed by atoms with Crippen LogP contribution in [0.25, 0.3) is 0 Å². The standard InChI is InChI=1S/C12H19NO2/c1-4-9-7-10(12(14)8(2)13)5-6-11(9)15-3/h5-8,12,14H,4,13H2,1-3H3. The smallest absolute Gasteiger partial charge is 0.122 e. The van der Waals surface area contributed by atoms with Gasteiger partial charge in [0, 0.05) is 6.04 Å². The van der Waals surface area contributed by atoms with E-state index in [0.29, 0.717) is 0 Å². The minimum atomic E-state index is -0.610. The van der Waals surface area contributed by atoms with Gasteiger partial charge in [-0.25, -0.2) is 0 Å². The number of rotatable bonds is 4. The lowest BCUT2D eigenvalue weighted by Gasteiger charge is -2.16. The van der Waals surface area contributed by atoms with Gasteiger partial charge in [-0.3, -0.25) is 0 Å². The van der Waals surface area contributed by atoms with Crippen LogP contribution in [0, 0.1) is 0 Å². The van der Waals surface area contributed by atoms with Crippen molar-refractivity contribution >= 4 is 0 Å². The van der Waals surface area contributed by atoms with Gasteiger partial charge < -0.3 is 15.6 Å². The van der Waals surface area contributed by atoms with E-state index < -0.39 is 6.10 Å². The third-order valence-electron chi connectivity index (χ3n) is 2.52. The summed E-state index contributed by atoms with van der Waals surface area (Å²) >= 11 is 0. The van der Waals surface area contributed by atoms with Crippen LogP contribution < -0.4 is 10.5 Å². The molecule has 1 aromatic rings. The molecule has 0 fully saturated rings. The Morgan fingerprint density at radius 2 is 2.13 bits per heavy atom. The first kappa shape index (κ1) is 12.0. The molecule has 3 nitrogen and oxygen atoms in total. The Hall–Kier alpha value is -1.06. The second kappa shape index (κ2) is 5.14. The Kier molecular flexibility index (Phi) is 4.12. The van der Waals surface area contributed by atoms with Crippen LogP contribution in [0.4, 0.5) is 0 Å². The quantitative estimate of drug-likeness (QED) is 0.792. The highest BCUT2D eigenvalue weighted by atomic mass is 16.5. The van der Waals surface area contributed by atoms with Gasteiger partial charge in [-0.1, -0.05) is 13.0 Å². The van der Waals surface area contributed by atoms with Gasteiger partial charge in [-0.05, 0) is 36.6 Å². The van der Waals surface area contributed by atoms with Crippen LogP contribution in [-0.4, -0.2) is 18.3 Å². The van der Waals surface area contributed by atoms with Crippen molar-refractivity contribution in [3.63, 3.8) is 0 Å². The molecule has 84 valence electrons. The van der Waals surface area contributed by atoms with E-state index in [0.717, 1.165) is 23.3 Å². The third-order valence-corrected chi connectivity index (χ3v) is 2.52. The fourth-order valence-corrected chi connectivity index (χ4v) is 1.56. The molecule has 0 saturated heterocycles. The van der Waals surface area contributed by atoms with Crippen LogP contribution in [0.3, 0.4) is 0 Å². The van der Waals surface area contributed by atoms with Crippen LogP contribution >= 0.6 is 0 Å². The van der Waals surface area contributed by atoms with Gasteiger partial charge in [-0.2, -0.15) is 0 Å². The number of aryl methyl sites for hydroxylation is 1. The van der Waals surface area contributed by atoms with Crippen LogP contribution in [0.15, 0.2) is 18.2 Å². The average molecular weight is 209 g/mol. The van der Waals surface area contributed by atoms with Gasteiger partial charge in [0.15, 0.2) is 0 Å². The largest absolute Gasteiger partial charge is 0.496 e. The highest BCUT2D eigenvalue weighted by Gasteiger charge is 2.13. The molecule has 0 aliphatic heterocycles. The Morgan fingerprint density at radius 1 is 1.47 bits per heavy atom. The number of methoxy groups -OCH3 is 1. The molecule has 0 amide bonds. The molecule has 0 saturated carbocycles. The average Bonchev–Trinajstić information content (AvgIpc) is 2.26. The van der Waals surface area contributed by atoms with E-state index in [-0.39, 0.29) is 6.04 Å². The number of benzene rings is 1. The lowest BCUT2D eigenvalue weighted by molar-refractivity contribution is 0.153. The summed E-state index contributed by atoms with van der Waals surface area (Å²) in [6.07, 6.45) is 0.268. The lowest BCUT2D eigenvalue weighted by Crippen LogP contribution is -2.24. The van der Waals surface area contributed by atoms with Gasteiger partial charge in [0.2, 0.25) is 0 Å². The van der Waals surface area contributed by atoms with Crippen molar-refractivity contribution in [2.45, 2.75) is 32.4 Å². The number of aliphatic hydroxyl groups is 1. The first-order valence-electron chi connectivity index (χ1n) is 5.20. The second-order valence-electron chi connectivity index (χ2n) is 3.73. The van der Waals surface area contributed by atoms with Crippen molar-refractivity contribution in [1.29, 1.82) is 0 Å². The molecule has 0 aliphatic rings. The van der Waals surface area contributed by atoms with Crippen molar-refractivity contribution in [1.82, 2.24) is 0 Å². The molecule has 0 radical (unpaired) electrons. The van der Waals surface area contributed by atoms with E-state index in [4.69, 9.17) is 10.5 Å². The van der Waals surface area contributed by atoms with Crippen molar-refractivity contribution < 1.29 is 9.84 Å². The van der Waals surface area contributed by atoms with E-state index in [1.165, 1.54) is 0 Å². The molecule has 1 aromatic carbocycles. The molecule has 2 atom stereocenters. The number of aliphatic hydroxyl groups excluding tert-OH is 1. The summed E-state index contributed by atoms with van der Waals surface area (Å²) < 4.78 is 5.22. The first-order valence-corrected chi connectivity index (χ1v) is 5.20. The number of hydrogen-bond acceptors (Lipinski definition) is 3. The summed E-state index contributed by atoms with van der Waals surface area (Å²) in [4.78, 5) is 0. The number of nitrogens with two attached hydrogens (primary N) is 1. The topological polar surface area (TPSA) is 55.5 Å². The van der Waals surface area contributed by atoms with Crippen LogP contribution in [-0.2, 0) is 6.42 Å². The molecule has 15 heavy (non-hydrogen) atoms. The first-order chi connectivity index (χ1) is 7.10. The molecule has 3 N–H and O–H groups in total. The van der Waals surface area contributed by atoms with Crippen molar-refractivity contribution in [3.05, 3.63) is 29.3 Å². The van der Waals surface area contributed by atoms with E-state index in [2.05, 4.69) is 6.92 Å². The highest BCUT2D eigenvalue weighted by Crippen LogP contribution is 2.24. The van der Waals surface area contributed by atoms with Crippen molar-refractivity contribution in [2.24, 2.45) is 5.73 Å². The zero-order chi connectivity index (χ0) is 11.4. The summed E-state index contributed by atoms with van der Waals surface area (Å²) in [5.41, 5.74) is 7.59. The summed E-state index contributed by atoms with van der Waals surface area (Å²) in [7, 11) is 1.65. The van der Waals surface area contributed by atoms with Gasteiger partial charge in [-0.15, -0.1) is 0 Å². The van der Waals surface area contributed by atoms with E-state index in [1.807, 2.05) is 18.2 Å². The zero-order valence-electron chi connectivity index (χ0n) is 9.53.